The van der Waals surface area contributed by atoms with Gasteiger partial charge in [0, 0.05) is 32.3 Å². The third-order valence-electron chi connectivity index (χ3n) is 5.18. The molecule has 0 bridgehead atoms. The lowest BCUT2D eigenvalue weighted by atomic mass is 9.77. The van der Waals surface area contributed by atoms with Crippen molar-refractivity contribution >= 4 is 0 Å². The van der Waals surface area contributed by atoms with Crippen LogP contribution in [0.25, 0.3) is 0 Å². The Hall–Kier alpha value is -0.120. The Labute approximate surface area is 118 Å². The molecule has 2 fully saturated rings. The van der Waals surface area contributed by atoms with Gasteiger partial charge in [0.2, 0.25) is 0 Å². The fraction of sp³-hybridized carbons (Fsp3) is 1.00. The zero-order valence-electron chi connectivity index (χ0n) is 12.8. The SMILES string of the molecule is CCC1CCC(N)C(CN(C)CC2CCOCC2)C1. The van der Waals surface area contributed by atoms with Gasteiger partial charge in [0.15, 0.2) is 0 Å². The standard InChI is InChI=1S/C16H32N2O/c1-3-13-4-5-16(17)15(10-13)12-18(2)11-14-6-8-19-9-7-14/h13-16H,3-12,17H2,1-2H3. The van der Waals surface area contributed by atoms with Gasteiger partial charge in [-0.3, -0.25) is 0 Å². The Bertz CT molecular complexity index is 253. The Morgan fingerprint density at radius 3 is 2.47 bits per heavy atom. The normalized spacial score (nSPS) is 33.8. The second-order valence-electron chi connectivity index (χ2n) is 6.79. The van der Waals surface area contributed by atoms with Crippen molar-refractivity contribution in [3.8, 4) is 0 Å². The van der Waals surface area contributed by atoms with Crippen LogP contribution >= 0.6 is 0 Å². The first-order valence-corrected chi connectivity index (χ1v) is 8.21. The van der Waals surface area contributed by atoms with Gasteiger partial charge in [0.1, 0.15) is 0 Å². The average Bonchev–Trinajstić information content (AvgIpc) is 2.42. The van der Waals surface area contributed by atoms with E-state index in [2.05, 4.69) is 18.9 Å². The lowest BCUT2D eigenvalue weighted by Crippen LogP contribution is -2.43. The molecule has 1 saturated carbocycles. The lowest BCUT2D eigenvalue weighted by molar-refractivity contribution is 0.0516. The quantitative estimate of drug-likeness (QED) is 0.832. The Morgan fingerprint density at radius 1 is 1.05 bits per heavy atom. The molecule has 1 aliphatic heterocycles. The molecule has 112 valence electrons. The number of rotatable bonds is 5. The van der Waals surface area contributed by atoms with E-state index in [0.29, 0.717) is 12.0 Å². The van der Waals surface area contributed by atoms with Crippen molar-refractivity contribution < 1.29 is 4.74 Å². The molecule has 3 atom stereocenters. The Balaban J connectivity index is 1.74. The maximum atomic E-state index is 6.33. The van der Waals surface area contributed by atoms with Gasteiger partial charge in [0.25, 0.3) is 0 Å². The van der Waals surface area contributed by atoms with Crippen LogP contribution in [0.1, 0.15) is 45.4 Å². The molecule has 1 saturated heterocycles. The van der Waals surface area contributed by atoms with Crippen molar-refractivity contribution in [3.63, 3.8) is 0 Å². The molecule has 1 heterocycles. The van der Waals surface area contributed by atoms with Crippen LogP contribution in [0.3, 0.4) is 0 Å². The lowest BCUT2D eigenvalue weighted by Gasteiger charge is -2.37. The second kappa shape index (κ2) is 7.61. The molecular formula is C16H32N2O. The second-order valence-corrected chi connectivity index (χ2v) is 6.79. The van der Waals surface area contributed by atoms with E-state index in [1.165, 1.54) is 51.6 Å². The van der Waals surface area contributed by atoms with Gasteiger partial charge in [-0.15, -0.1) is 0 Å². The first-order valence-electron chi connectivity index (χ1n) is 8.21. The minimum atomic E-state index is 0.430. The summed E-state index contributed by atoms with van der Waals surface area (Å²) in [7, 11) is 2.28. The van der Waals surface area contributed by atoms with Crippen LogP contribution in [-0.2, 0) is 4.74 Å². The largest absolute Gasteiger partial charge is 0.381 e. The van der Waals surface area contributed by atoms with Crippen molar-refractivity contribution in [2.24, 2.45) is 23.5 Å². The van der Waals surface area contributed by atoms with Gasteiger partial charge < -0.3 is 15.4 Å². The number of nitrogens with zero attached hydrogens (tertiary/aromatic N) is 1. The molecule has 3 heteroatoms. The van der Waals surface area contributed by atoms with Gasteiger partial charge in [0.05, 0.1) is 0 Å². The molecule has 0 amide bonds. The molecule has 3 nitrogen and oxygen atoms in total. The molecule has 19 heavy (non-hydrogen) atoms. The van der Waals surface area contributed by atoms with E-state index in [-0.39, 0.29) is 0 Å². The van der Waals surface area contributed by atoms with Crippen molar-refractivity contribution in [1.29, 1.82) is 0 Å². The molecule has 2 rings (SSSR count). The fourth-order valence-electron chi connectivity index (χ4n) is 3.81. The number of ether oxygens (including phenoxy) is 1. The highest BCUT2D eigenvalue weighted by Gasteiger charge is 2.28. The van der Waals surface area contributed by atoms with Crippen molar-refractivity contribution in [2.45, 2.75) is 51.5 Å². The van der Waals surface area contributed by atoms with E-state index in [4.69, 9.17) is 10.5 Å². The Morgan fingerprint density at radius 2 is 1.79 bits per heavy atom. The molecule has 2 aliphatic rings. The summed E-state index contributed by atoms with van der Waals surface area (Å²) in [5, 5.41) is 0. The molecule has 0 aromatic heterocycles. The summed E-state index contributed by atoms with van der Waals surface area (Å²) < 4.78 is 5.44. The molecule has 0 spiro atoms. The van der Waals surface area contributed by atoms with Crippen LogP contribution in [0.4, 0.5) is 0 Å². The highest BCUT2D eigenvalue weighted by molar-refractivity contribution is 4.84. The topological polar surface area (TPSA) is 38.5 Å². The van der Waals surface area contributed by atoms with Gasteiger partial charge in [-0.05, 0) is 56.9 Å². The van der Waals surface area contributed by atoms with E-state index in [9.17, 15) is 0 Å². The van der Waals surface area contributed by atoms with Crippen LogP contribution in [0.2, 0.25) is 0 Å². The molecule has 2 N–H and O–H groups in total. The fourth-order valence-corrected chi connectivity index (χ4v) is 3.81. The van der Waals surface area contributed by atoms with Gasteiger partial charge in [-0.2, -0.15) is 0 Å². The highest BCUT2D eigenvalue weighted by Crippen LogP contribution is 2.31. The van der Waals surface area contributed by atoms with Crippen molar-refractivity contribution in [3.05, 3.63) is 0 Å². The third kappa shape index (κ3) is 4.73. The summed E-state index contributed by atoms with van der Waals surface area (Å²) in [4.78, 5) is 2.53. The molecule has 1 aliphatic carbocycles. The minimum absolute atomic E-state index is 0.430. The Kier molecular flexibility index (Phi) is 6.11. The molecule has 0 aromatic rings. The summed E-state index contributed by atoms with van der Waals surface area (Å²) in [5.41, 5.74) is 6.33. The maximum absolute atomic E-state index is 6.33. The molecular weight excluding hydrogens is 236 g/mol. The predicted molar refractivity (Wildman–Crippen MR) is 80.1 cm³/mol. The van der Waals surface area contributed by atoms with E-state index in [1.54, 1.807) is 0 Å². The molecule has 3 unspecified atom stereocenters. The monoisotopic (exact) mass is 268 g/mol. The zero-order valence-corrected chi connectivity index (χ0v) is 12.8. The summed E-state index contributed by atoms with van der Waals surface area (Å²) in [6.45, 7) is 6.65. The van der Waals surface area contributed by atoms with Crippen LogP contribution in [0.15, 0.2) is 0 Å². The average molecular weight is 268 g/mol. The predicted octanol–water partition coefficient (Wildman–Crippen LogP) is 2.50. The summed E-state index contributed by atoms with van der Waals surface area (Å²) >= 11 is 0. The minimum Gasteiger partial charge on any atom is -0.381 e. The summed E-state index contributed by atoms with van der Waals surface area (Å²) in [6, 6.07) is 0.430. The first-order chi connectivity index (χ1) is 9.19. The van der Waals surface area contributed by atoms with E-state index in [0.717, 1.165) is 25.0 Å². The van der Waals surface area contributed by atoms with Crippen molar-refractivity contribution in [1.82, 2.24) is 4.90 Å². The van der Waals surface area contributed by atoms with Crippen LogP contribution in [0, 0.1) is 17.8 Å². The van der Waals surface area contributed by atoms with Crippen LogP contribution in [-0.4, -0.2) is 44.3 Å². The first kappa shape index (κ1) is 15.3. The number of hydrogen-bond acceptors (Lipinski definition) is 3. The maximum Gasteiger partial charge on any atom is 0.0469 e. The zero-order chi connectivity index (χ0) is 13.7. The number of hydrogen-bond donors (Lipinski definition) is 1. The summed E-state index contributed by atoms with van der Waals surface area (Å²) in [6.07, 6.45) is 7.71. The highest BCUT2D eigenvalue weighted by atomic mass is 16.5. The van der Waals surface area contributed by atoms with Crippen LogP contribution in [0.5, 0.6) is 0 Å². The number of nitrogens with two attached hydrogens (primary N) is 1. The van der Waals surface area contributed by atoms with E-state index in [1.807, 2.05) is 0 Å². The van der Waals surface area contributed by atoms with E-state index < -0.39 is 0 Å². The van der Waals surface area contributed by atoms with Crippen molar-refractivity contribution in [2.75, 3.05) is 33.4 Å². The molecule has 0 radical (unpaired) electrons. The summed E-state index contributed by atoms with van der Waals surface area (Å²) in [5.74, 6) is 2.46. The third-order valence-corrected chi connectivity index (χ3v) is 5.18. The van der Waals surface area contributed by atoms with Crippen LogP contribution < -0.4 is 5.73 Å². The van der Waals surface area contributed by atoms with Gasteiger partial charge >= 0.3 is 0 Å². The smallest absolute Gasteiger partial charge is 0.0469 e. The van der Waals surface area contributed by atoms with E-state index >= 15 is 0 Å². The van der Waals surface area contributed by atoms with Gasteiger partial charge in [-0.1, -0.05) is 13.3 Å². The molecule has 0 aromatic carbocycles. The van der Waals surface area contributed by atoms with Gasteiger partial charge in [-0.25, -0.2) is 0 Å².